The summed E-state index contributed by atoms with van der Waals surface area (Å²) in [6.45, 7) is 3.98. The summed E-state index contributed by atoms with van der Waals surface area (Å²) < 4.78 is 9.88. The Hall–Kier alpha value is -0.850. The summed E-state index contributed by atoms with van der Waals surface area (Å²) >= 11 is 0. The number of ether oxygens (including phenoxy) is 2. The first kappa shape index (κ1) is 13.2. The van der Waals surface area contributed by atoms with Gasteiger partial charge in [-0.1, -0.05) is 0 Å². The van der Waals surface area contributed by atoms with E-state index in [1.807, 2.05) is 0 Å². The molecule has 0 rings (SSSR count). The van der Waals surface area contributed by atoms with Crippen molar-refractivity contribution in [1.82, 2.24) is 4.90 Å². The second kappa shape index (κ2) is 6.58. The molecular formula is C8H17NO5. The van der Waals surface area contributed by atoms with Gasteiger partial charge in [0.1, 0.15) is 13.5 Å². The van der Waals surface area contributed by atoms with E-state index in [1.165, 1.54) is 0 Å². The lowest BCUT2D eigenvalue weighted by atomic mass is 10.5. The second-order valence-corrected chi connectivity index (χ2v) is 2.96. The van der Waals surface area contributed by atoms with Gasteiger partial charge in [-0.25, -0.2) is 4.79 Å². The Morgan fingerprint density at radius 3 is 2.14 bits per heavy atom. The first-order chi connectivity index (χ1) is 6.51. The van der Waals surface area contributed by atoms with Crippen LogP contribution in [0, 0.1) is 0 Å². The fraction of sp³-hybridized carbons (Fsp3) is 0.875. The minimum atomic E-state index is -0.817. The first-order valence-corrected chi connectivity index (χ1v) is 4.34. The predicted octanol–water partition coefficient (Wildman–Crippen LogP) is 0.0956. The van der Waals surface area contributed by atoms with Crippen LogP contribution in [0.1, 0.15) is 20.8 Å². The van der Waals surface area contributed by atoms with Crippen LogP contribution in [0.4, 0.5) is 4.79 Å². The van der Waals surface area contributed by atoms with E-state index in [1.54, 1.807) is 20.8 Å². The zero-order chi connectivity index (χ0) is 11.1. The van der Waals surface area contributed by atoms with Crippen LogP contribution >= 0.6 is 0 Å². The Balaban J connectivity index is 3.91. The zero-order valence-corrected chi connectivity index (χ0v) is 8.64. The molecule has 14 heavy (non-hydrogen) atoms. The Morgan fingerprint density at radius 2 is 1.79 bits per heavy atom. The lowest BCUT2D eigenvalue weighted by molar-refractivity contribution is -0.128. The standard InChI is InChI=1S/C8H17NO5/c1-6(2)13-7(3)14-8(12)9(4-10)5-11/h6-7,10-11H,4-5H2,1-3H3. The van der Waals surface area contributed by atoms with Crippen molar-refractivity contribution in [3.63, 3.8) is 0 Å². The largest absolute Gasteiger partial charge is 0.420 e. The molecule has 0 aliphatic rings. The number of aliphatic hydroxyl groups is 2. The van der Waals surface area contributed by atoms with Gasteiger partial charge in [-0.05, 0) is 20.8 Å². The molecule has 0 aromatic heterocycles. The van der Waals surface area contributed by atoms with E-state index in [0.717, 1.165) is 4.90 Å². The van der Waals surface area contributed by atoms with Crippen molar-refractivity contribution in [2.24, 2.45) is 0 Å². The summed E-state index contributed by atoms with van der Waals surface area (Å²) in [7, 11) is 0. The molecule has 0 spiro atoms. The van der Waals surface area contributed by atoms with Crippen molar-refractivity contribution in [3.8, 4) is 0 Å². The number of carbonyl (C=O) groups excluding carboxylic acids is 1. The summed E-state index contributed by atoms with van der Waals surface area (Å²) in [5, 5.41) is 17.2. The number of hydrogen-bond acceptors (Lipinski definition) is 5. The molecule has 2 N–H and O–H groups in total. The molecule has 84 valence electrons. The number of rotatable bonds is 5. The molecule has 0 fully saturated rings. The maximum absolute atomic E-state index is 11.1. The number of carbonyl (C=O) groups is 1. The van der Waals surface area contributed by atoms with Gasteiger partial charge in [-0.15, -0.1) is 0 Å². The van der Waals surface area contributed by atoms with Crippen molar-refractivity contribution >= 4 is 6.09 Å². The summed E-state index contributed by atoms with van der Waals surface area (Å²) in [4.78, 5) is 11.8. The van der Waals surface area contributed by atoms with Crippen LogP contribution < -0.4 is 0 Å². The van der Waals surface area contributed by atoms with Gasteiger partial charge in [-0.2, -0.15) is 0 Å². The first-order valence-electron chi connectivity index (χ1n) is 4.34. The molecule has 6 heteroatoms. The Labute approximate surface area is 83.0 Å². The average Bonchev–Trinajstić information content (AvgIpc) is 2.04. The van der Waals surface area contributed by atoms with Gasteiger partial charge in [0.05, 0.1) is 6.10 Å². The van der Waals surface area contributed by atoms with Crippen molar-refractivity contribution in [2.75, 3.05) is 13.5 Å². The van der Waals surface area contributed by atoms with E-state index in [2.05, 4.69) is 0 Å². The predicted molar refractivity (Wildman–Crippen MR) is 48.2 cm³/mol. The van der Waals surface area contributed by atoms with Crippen LogP contribution in [0.5, 0.6) is 0 Å². The molecule has 1 unspecified atom stereocenters. The maximum Gasteiger partial charge on any atom is 0.415 e. The normalized spacial score (nSPS) is 12.7. The average molecular weight is 207 g/mol. The van der Waals surface area contributed by atoms with Crippen molar-refractivity contribution in [3.05, 3.63) is 0 Å². The summed E-state index contributed by atoms with van der Waals surface area (Å²) in [6.07, 6.45) is -1.58. The quantitative estimate of drug-likeness (QED) is 0.625. The van der Waals surface area contributed by atoms with E-state index >= 15 is 0 Å². The topological polar surface area (TPSA) is 79.2 Å². The Bertz CT molecular complexity index is 169. The summed E-state index contributed by atoms with van der Waals surface area (Å²) in [6, 6.07) is 0. The van der Waals surface area contributed by atoms with Crippen molar-refractivity contribution in [1.29, 1.82) is 0 Å². The third-order valence-corrected chi connectivity index (χ3v) is 1.33. The molecular weight excluding hydrogens is 190 g/mol. The maximum atomic E-state index is 11.1. The molecule has 0 saturated heterocycles. The van der Waals surface area contributed by atoms with Gasteiger partial charge in [0, 0.05) is 0 Å². The molecule has 0 aliphatic heterocycles. The number of aliphatic hydroxyl groups excluding tert-OH is 2. The van der Waals surface area contributed by atoms with E-state index < -0.39 is 25.8 Å². The smallest absolute Gasteiger partial charge is 0.415 e. The molecule has 1 amide bonds. The van der Waals surface area contributed by atoms with E-state index in [9.17, 15) is 4.79 Å². The van der Waals surface area contributed by atoms with Crippen LogP contribution in [0.3, 0.4) is 0 Å². The zero-order valence-electron chi connectivity index (χ0n) is 8.64. The van der Waals surface area contributed by atoms with Gasteiger partial charge in [0.25, 0.3) is 0 Å². The van der Waals surface area contributed by atoms with Gasteiger partial charge in [0.2, 0.25) is 6.29 Å². The number of nitrogens with zero attached hydrogens (tertiary/aromatic N) is 1. The molecule has 6 nitrogen and oxygen atoms in total. The number of hydrogen-bond donors (Lipinski definition) is 2. The summed E-state index contributed by atoms with van der Waals surface area (Å²) in [5.41, 5.74) is 0. The molecule has 0 heterocycles. The van der Waals surface area contributed by atoms with Crippen LogP contribution in [0.15, 0.2) is 0 Å². The minimum absolute atomic E-state index is 0.0606. The fourth-order valence-corrected chi connectivity index (χ4v) is 0.788. The van der Waals surface area contributed by atoms with Crippen LogP contribution in [0.2, 0.25) is 0 Å². The van der Waals surface area contributed by atoms with Gasteiger partial charge in [-0.3, -0.25) is 4.90 Å². The van der Waals surface area contributed by atoms with E-state index in [4.69, 9.17) is 19.7 Å². The Morgan fingerprint density at radius 1 is 1.29 bits per heavy atom. The lowest BCUT2D eigenvalue weighted by Crippen LogP contribution is -2.36. The highest BCUT2D eigenvalue weighted by Crippen LogP contribution is 2.02. The fourth-order valence-electron chi connectivity index (χ4n) is 0.788. The monoisotopic (exact) mass is 207 g/mol. The van der Waals surface area contributed by atoms with Crippen LogP contribution in [-0.2, 0) is 9.47 Å². The lowest BCUT2D eigenvalue weighted by Gasteiger charge is -2.21. The highest BCUT2D eigenvalue weighted by atomic mass is 16.7. The molecule has 1 atom stereocenters. The van der Waals surface area contributed by atoms with Crippen LogP contribution in [-0.4, -0.2) is 47.1 Å². The molecule has 0 bridgehead atoms. The van der Waals surface area contributed by atoms with Crippen LogP contribution in [0.25, 0.3) is 0 Å². The molecule has 0 radical (unpaired) electrons. The molecule has 0 aromatic carbocycles. The third kappa shape index (κ3) is 5.00. The number of amides is 1. The van der Waals surface area contributed by atoms with E-state index in [-0.39, 0.29) is 6.10 Å². The van der Waals surface area contributed by atoms with E-state index in [0.29, 0.717) is 0 Å². The second-order valence-electron chi connectivity index (χ2n) is 2.96. The van der Waals surface area contributed by atoms with Gasteiger partial charge < -0.3 is 19.7 Å². The SMILES string of the molecule is CC(C)OC(C)OC(=O)N(CO)CO. The van der Waals surface area contributed by atoms with Crippen molar-refractivity contribution < 1.29 is 24.5 Å². The molecule has 0 aromatic rings. The third-order valence-electron chi connectivity index (χ3n) is 1.33. The van der Waals surface area contributed by atoms with Crippen molar-refractivity contribution in [2.45, 2.75) is 33.2 Å². The highest BCUT2D eigenvalue weighted by Gasteiger charge is 2.16. The molecule has 0 aliphatic carbocycles. The highest BCUT2D eigenvalue weighted by molar-refractivity contribution is 5.67. The molecule has 0 saturated carbocycles. The minimum Gasteiger partial charge on any atom is -0.420 e. The van der Waals surface area contributed by atoms with Gasteiger partial charge >= 0.3 is 6.09 Å². The summed E-state index contributed by atoms with van der Waals surface area (Å²) in [5.74, 6) is 0. The van der Waals surface area contributed by atoms with Gasteiger partial charge in [0.15, 0.2) is 0 Å². The Kier molecular flexibility index (Phi) is 6.18.